The SMILES string of the molecule is CC(C)C[C@@H](NS(=O)(=O)N1CCN(c2ccc(Cl)cn2)CC1)C(=O)NO. The van der Waals surface area contributed by atoms with Crippen LogP contribution in [0.5, 0.6) is 0 Å². The van der Waals surface area contributed by atoms with Crippen LogP contribution in [0.4, 0.5) is 5.82 Å². The van der Waals surface area contributed by atoms with E-state index in [2.05, 4.69) is 9.71 Å². The molecule has 1 aromatic rings. The molecule has 9 nitrogen and oxygen atoms in total. The monoisotopic (exact) mass is 405 g/mol. The molecule has 2 heterocycles. The molecule has 26 heavy (non-hydrogen) atoms. The molecule has 146 valence electrons. The lowest BCUT2D eigenvalue weighted by Crippen LogP contribution is -2.56. The number of hydrogen-bond acceptors (Lipinski definition) is 6. The van der Waals surface area contributed by atoms with Crippen molar-refractivity contribution in [1.29, 1.82) is 0 Å². The molecule has 0 spiro atoms. The van der Waals surface area contributed by atoms with Crippen LogP contribution >= 0.6 is 11.6 Å². The van der Waals surface area contributed by atoms with Crippen molar-refractivity contribution in [2.45, 2.75) is 26.3 Å². The highest BCUT2D eigenvalue weighted by atomic mass is 35.5. The number of halogens is 1. The molecule has 1 fully saturated rings. The second-order valence-electron chi connectivity index (χ2n) is 6.50. The lowest BCUT2D eigenvalue weighted by Gasteiger charge is -2.35. The normalized spacial score (nSPS) is 17.3. The van der Waals surface area contributed by atoms with Crippen LogP contribution in [0.3, 0.4) is 0 Å². The summed E-state index contributed by atoms with van der Waals surface area (Å²) in [4.78, 5) is 17.9. The van der Waals surface area contributed by atoms with E-state index in [0.717, 1.165) is 5.82 Å². The highest BCUT2D eigenvalue weighted by molar-refractivity contribution is 7.87. The van der Waals surface area contributed by atoms with Crippen LogP contribution in [-0.4, -0.2) is 61.0 Å². The minimum atomic E-state index is -3.85. The van der Waals surface area contributed by atoms with Gasteiger partial charge in [0.15, 0.2) is 0 Å². The zero-order chi connectivity index (χ0) is 19.3. The Morgan fingerprint density at radius 1 is 1.31 bits per heavy atom. The Bertz CT molecular complexity index is 705. The van der Waals surface area contributed by atoms with Gasteiger partial charge in [0.2, 0.25) is 0 Å². The first kappa shape index (κ1) is 20.8. The van der Waals surface area contributed by atoms with E-state index in [9.17, 15) is 13.2 Å². The molecule has 1 amide bonds. The molecule has 11 heteroatoms. The summed E-state index contributed by atoms with van der Waals surface area (Å²) in [6.45, 7) is 5.18. The molecular formula is C15H24ClN5O4S. The van der Waals surface area contributed by atoms with E-state index >= 15 is 0 Å². The third kappa shape index (κ3) is 5.52. The number of hydroxylamine groups is 1. The molecule has 1 aliphatic heterocycles. The van der Waals surface area contributed by atoms with Crippen LogP contribution < -0.4 is 15.1 Å². The Kier molecular flexibility index (Phi) is 7.18. The van der Waals surface area contributed by atoms with Gasteiger partial charge in [-0.2, -0.15) is 17.4 Å². The number of nitrogens with one attached hydrogen (secondary N) is 2. The maximum Gasteiger partial charge on any atom is 0.280 e. The molecule has 1 atom stereocenters. The van der Waals surface area contributed by atoms with Crippen LogP contribution in [0.25, 0.3) is 0 Å². The van der Waals surface area contributed by atoms with Gasteiger partial charge in [-0.25, -0.2) is 10.5 Å². The first-order valence-corrected chi connectivity index (χ1v) is 10.1. The lowest BCUT2D eigenvalue weighted by molar-refractivity contribution is -0.131. The van der Waals surface area contributed by atoms with Gasteiger partial charge in [-0.15, -0.1) is 0 Å². The molecule has 1 saturated heterocycles. The van der Waals surface area contributed by atoms with E-state index < -0.39 is 22.2 Å². The summed E-state index contributed by atoms with van der Waals surface area (Å²) in [6.07, 6.45) is 1.83. The Morgan fingerprint density at radius 2 is 1.96 bits per heavy atom. The maximum absolute atomic E-state index is 12.6. The minimum absolute atomic E-state index is 0.0767. The van der Waals surface area contributed by atoms with Crippen molar-refractivity contribution in [3.8, 4) is 0 Å². The summed E-state index contributed by atoms with van der Waals surface area (Å²) >= 11 is 5.83. The second kappa shape index (κ2) is 8.96. The molecule has 1 aromatic heterocycles. The minimum Gasteiger partial charge on any atom is -0.354 e. The van der Waals surface area contributed by atoms with E-state index in [4.69, 9.17) is 16.8 Å². The standard InChI is InChI=1S/C15H24ClN5O4S/c1-11(2)9-13(15(22)18-23)19-26(24,25)21-7-5-20(6-8-21)14-4-3-12(16)10-17-14/h3-4,10-11,13,19,23H,5-9H2,1-2H3,(H,18,22)/t13-/m1/s1. The molecule has 1 aliphatic rings. The molecule has 0 saturated carbocycles. The van der Waals surface area contributed by atoms with Gasteiger partial charge < -0.3 is 4.90 Å². The summed E-state index contributed by atoms with van der Waals surface area (Å²) in [5.41, 5.74) is 1.52. The fourth-order valence-corrected chi connectivity index (χ4v) is 4.19. The van der Waals surface area contributed by atoms with Crippen molar-refractivity contribution >= 4 is 33.5 Å². The smallest absolute Gasteiger partial charge is 0.280 e. The summed E-state index contributed by atoms with van der Waals surface area (Å²) in [5.74, 6) is 0.0378. The van der Waals surface area contributed by atoms with E-state index in [1.54, 1.807) is 18.3 Å². The average Bonchev–Trinajstić information content (AvgIpc) is 2.60. The number of anilines is 1. The van der Waals surface area contributed by atoms with E-state index in [1.165, 1.54) is 9.79 Å². The molecule has 0 unspecified atom stereocenters. The largest absolute Gasteiger partial charge is 0.354 e. The lowest BCUT2D eigenvalue weighted by atomic mass is 10.0. The van der Waals surface area contributed by atoms with Crippen molar-refractivity contribution in [1.82, 2.24) is 19.5 Å². The molecule has 3 N–H and O–H groups in total. The van der Waals surface area contributed by atoms with Crippen LogP contribution in [0.15, 0.2) is 18.3 Å². The molecule has 0 radical (unpaired) electrons. The van der Waals surface area contributed by atoms with Crippen molar-refractivity contribution in [2.24, 2.45) is 5.92 Å². The summed E-state index contributed by atoms with van der Waals surface area (Å²) in [5, 5.41) is 9.37. The summed E-state index contributed by atoms with van der Waals surface area (Å²) in [7, 11) is -3.85. The quantitative estimate of drug-likeness (QED) is 0.452. The molecule has 0 bridgehead atoms. The van der Waals surface area contributed by atoms with Gasteiger partial charge in [0.25, 0.3) is 16.1 Å². The number of piperazine rings is 1. The predicted molar refractivity (Wildman–Crippen MR) is 98.3 cm³/mol. The van der Waals surface area contributed by atoms with Gasteiger partial charge >= 0.3 is 0 Å². The average molecular weight is 406 g/mol. The maximum atomic E-state index is 12.6. The van der Waals surface area contributed by atoms with Crippen LogP contribution in [0.2, 0.25) is 5.02 Å². The van der Waals surface area contributed by atoms with Gasteiger partial charge in [-0.1, -0.05) is 25.4 Å². The summed E-state index contributed by atoms with van der Waals surface area (Å²) < 4.78 is 28.8. The number of aromatic nitrogens is 1. The van der Waals surface area contributed by atoms with Crippen molar-refractivity contribution in [2.75, 3.05) is 31.1 Å². The number of hydrogen-bond donors (Lipinski definition) is 3. The number of carbonyl (C=O) groups excluding carboxylic acids is 1. The fraction of sp³-hybridized carbons (Fsp3) is 0.600. The van der Waals surface area contributed by atoms with Crippen LogP contribution in [0.1, 0.15) is 20.3 Å². The molecular weight excluding hydrogens is 382 g/mol. The van der Waals surface area contributed by atoms with E-state index in [-0.39, 0.29) is 25.4 Å². The summed E-state index contributed by atoms with van der Waals surface area (Å²) in [6, 6.07) is 2.49. The van der Waals surface area contributed by atoms with E-state index in [0.29, 0.717) is 18.1 Å². The second-order valence-corrected chi connectivity index (χ2v) is 8.64. The number of carbonyl (C=O) groups is 1. The zero-order valence-electron chi connectivity index (χ0n) is 14.7. The highest BCUT2D eigenvalue weighted by Gasteiger charge is 2.32. The number of amides is 1. The van der Waals surface area contributed by atoms with Crippen LogP contribution in [0, 0.1) is 5.92 Å². The zero-order valence-corrected chi connectivity index (χ0v) is 16.3. The van der Waals surface area contributed by atoms with Crippen molar-refractivity contribution < 1.29 is 18.4 Å². The van der Waals surface area contributed by atoms with Crippen molar-refractivity contribution in [3.05, 3.63) is 23.4 Å². The third-order valence-electron chi connectivity index (χ3n) is 4.04. The van der Waals surface area contributed by atoms with Gasteiger partial charge in [0.1, 0.15) is 11.9 Å². The van der Waals surface area contributed by atoms with Crippen molar-refractivity contribution in [3.63, 3.8) is 0 Å². The third-order valence-corrected chi connectivity index (χ3v) is 5.89. The molecule has 2 rings (SSSR count). The fourth-order valence-electron chi connectivity index (χ4n) is 2.72. The van der Waals surface area contributed by atoms with Gasteiger partial charge in [-0.05, 0) is 24.5 Å². The predicted octanol–water partition coefficient (Wildman–Crippen LogP) is 0.612. The highest BCUT2D eigenvalue weighted by Crippen LogP contribution is 2.17. The van der Waals surface area contributed by atoms with Gasteiger partial charge in [0, 0.05) is 32.4 Å². The Hall–Kier alpha value is -1.46. The molecule has 0 aromatic carbocycles. The van der Waals surface area contributed by atoms with E-state index in [1.807, 2.05) is 18.7 Å². The Morgan fingerprint density at radius 3 is 2.46 bits per heavy atom. The Labute approximate surface area is 158 Å². The topological polar surface area (TPSA) is 115 Å². The van der Waals surface area contributed by atoms with Crippen LogP contribution in [-0.2, 0) is 15.0 Å². The Balaban J connectivity index is 1.99. The number of pyridine rings is 1. The first-order chi connectivity index (χ1) is 12.2. The van der Waals surface area contributed by atoms with Gasteiger partial charge in [-0.3, -0.25) is 10.0 Å². The first-order valence-electron chi connectivity index (χ1n) is 8.30. The number of rotatable bonds is 7. The van der Waals surface area contributed by atoms with Gasteiger partial charge in [0.05, 0.1) is 5.02 Å². The number of nitrogens with zero attached hydrogens (tertiary/aromatic N) is 3. The molecule has 0 aliphatic carbocycles.